The van der Waals surface area contributed by atoms with Crippen molar-refractivity contribution in [3.05, 3.63) is 64.3 Å². The lowest BCUT2D eigenvalue weighted by Gasteiger charge is -2.37. The van der Waals surface area contributed by atoms with E-state index in [1.165, 1.54) is 0 Å². The Morgan fingerprint density at radius 1 is 1.12 bits per heavy atom. The minimum absolute atomic E-state index is 0.0268. The van der Waals surface area contributed by atoms with Gasteiger partial charge in [0.1, 0.15) is 14.1 Å². The highest BCUT2D eigenvalue weighted by Crippen LogP contribution is 2.43. The summed E-state index contributed by atoms with van der Waals surface area (Å²) >= 11 is 0. The normalized spacial score (nSPS) is 25.1. The lowest BCUT2D eigenvalue weighted by Crippen LogP contribution is -2.44. The predicted molar refractivity (Wildman–Crippen MR) is 106 cm³/mol. The van der Waals surface area contributed by atoms with Gasteiger partial charge in [-0.25, -0.2) is 4.58 Å². The molecule has 136 valence electrons. The Balaban J connectivity index is 1.94. The summed E-state index contributed by atoms with van der Waals surface area (Å²) in [5.74, 6) is -0.437. The quantitative estimate of drug-likeness (QED) is 0.658. The zero-order chi connectivity index (χ0) is 19.2. The van der Waals surface area contributed by atoms with Gasteiger partial charge in [-0.2, -0.15) is 0 Å². The zero-order valence-corrected chi connectivity index (χ0v) is 16.4. The molecule has 26 heavy (non-hydrogen) atoms. The summed E-state index contributed by atoms with van der Waals surface area (Å²) in [5.41, 5.74) is 6.52. The number of rotatable bonds is 2. The van der Waals surface area contributed by atoms with E-state index < -0.39 is 12.0 Å². The average molecular weight is 351 g/mol. The predicted octanol–water partition coefficient (Wildman–Crippen LogP) is 2.61. The number of ketones is 1. The molecule has 0 heterocycles. The van der Waals surface area contributed by atoms with Crippen LogP contribution in [0.1, 0.15) is 24.0 Å². The molecule has 2 unspecified atom stereocenters. The first-order chi connectivity index (χ1) is 12.2. The van der Waals surface area contributed by atoms with Crippen LogP contribution >= 0.6 is 0 Å². The Hall–Kier alpha value is -2.46. The number of carbonyl (C=O) groups excluding carboxylic acids is 1. The van der Waals surface area contributed by atoms with Gasteiger partial charge in [-0.3, -0.25) is 4.79 Å². The van der Waals surface area contributed by atoms with Gasteiger partial charge in [-0.05, 0) is 54.3 Å². The van der Waals surface area contributed by atoms with Gasteiger partial charge >= 0.3 is 0 Å². The van der Waals surface area contributed by atoms with Crippen molar-refractivity contribution in [1.82, 2.24) is 0 Å². The number of aliphatic hydroxyl groups is 1. The summed E-state index contributed by atoms with van der Waals surface area (Å²) < 4.78 is 2.03. The van der Waals surface area contributed by atoms with Crippen molar-refractivity contribution in [3.63, 3.8) is 0 Å². The first kappa shape index (κ1) is 18.3. The largest absolute Gasteiger partial charge is 0.387 e. The monoisotopic (exact) mass is 351 g/mol. The van der Waals surface area contributed by atoms with Crippen LogP contribution in [-0.2, 0) is 4.79 Å². The standard InChI is InChI=1S/C22H27N2O2/c1-13-11-15(23(3)4)7-9-17(13)19-21(25)20(22(19)26)18-10-8-16(24(5)6)12-14(18)2/h7-12,19,21,25H,1-6H3/q+1. The van der Waals surface area contributed by atoms with Gasteiger partial charge in [0.15, 0.2) is 11.5 Å². The molecule has 0 aromatic heterocycles. The number of nitrogens with zero attached hydrogens (tertiary/aromatic N) is 2. The second kappa shape index (κ2) is 6.69. The number of hydrogen-bond donors (Lipinski definition) is 1. The molecule has 1 saturated carbocycles. The SMILES string of the molecule is CC1=CC(=[N+](C)C)C=CC1=C1C(=O)C(c2ccc(N(C)C)cc2C)C1O. The van der Waals surface area contributed by atoms with Gasteiger partial charge in [-0.1, -0.05) is 6.07 Å². The van der Waals surface area contributed by atoms with Crippen LogP contribution in [0.15, 0.2) is 53.1 Å². The minimum Gasteiger partial charge on any atom is -0.387 e. The van der Waals surface area contributed by atoms with Crippen molar-refractivity contribution in [2.45, 2.75) is 25.9 Å². The Morgan fingerprint density at radius 2 is 1.81 bits per heavy atom. The highest BCUT2D eigenvalue weighted by atomic mass is 16.3. The van der Waals surface area contributed by atoms with Gasteiger partial charge < -0.3 is 10.0 Å². The van der Waals surface area contributed by atoms with Crippen molar-refractivity contribution >= 4 is 17.2 Å². The average Bonchev–Trinajstić information content (AvgIpc) is 2.58. The number of Topliss-reactive ketones (excluding diaryl/α,β-unsaturated/α-hetero) is 1. The topological polar surface area (TPSA) is 43.5 Å². The van der Waals surface area contributed by atoms with Gasteiger partial charge in [-0.15, -0.1) is 0 Å². The van der Waals surface area contributed by atoms with Gasteiger partial charge in [0.2, 0.25) is 0 Å². The van der Waals surface area contributed by atoms with Crippen LogP contribution in [0.4, 0.5) is 5.69 Å². The highest BCUT2D eigenvalue weighted by molar-refractivity contribution is 6.12. The molecule has 0 spiro atoms. The molecule has 0 amide bonds. The second-order valence-corrected chi connectivity index (χ2v) is 7.53. The third-order valence-corrected chi connectivity index (χ3v) is 5.28. The van der Waals surface area contributed by atoms with Crippen LogP contribution in [0.5, 0.6) is 0 Å². The van der Waals surface area contributed by atoms with Crippen LogP contribution in [0, 0.1) is 6.92 Å². The fourth-order valence-electron chi connectivity index (χ4n) is 3.65. The van der Waals surface area contributed by atoms with E-state index in [1.54, 1.807) is 0 Å². The van der Waals surface area contributed by atoms with E-state index in [1.807, 2.05) is 81.9 Å². The molecule has 1 fully saturated rings. The number of benzene rings is 1. The summed E-state index contributed by atoms with van der Waals surface area (Å²) in [6.45, 7) is 3.98. The number of anilines is 1. The lowest BCUT2D eigenvalue weighted by atomic mass is 9.67. The molecule has 2 aliphatic carbocycles. The van der Waals surface area contributed by atoms with Gasteiger partial charge in [0.05, 0.1) is 12.0 Å². The molecule has 1 N–H and O–H groups in total. The van der Waals surface area contributed by atoms with Crippen molar-refractivity contribution in [2.24, 2.45) is 0 Å². The van der Waals surface area contributed by atoms with Crippen molar-refractivity contribution in [2.75, 3.05) is 33.1 Å². The number of allylic oxidation sites excluding steroid dienone is 5. The van der Waals surface area contributed by atoms with E-state index in [-0.39, 0.29) is 5.78 Å². The summed E-state index contributed by atoms with van der Waals surface area (Å²) in [5, 5.41) is 10.8. The number of aliphatic hydroxyl groups excluding tert-OH is 1. The third-order valence-electron chi connectivity index (χ3n) is 5.28. The molecule has 2 atom stereocenters. The summed E-state index contributed by atoms with van der Waals surface area (Å²) in [6, 6.07) is 6.02. The van der Waals surface area contributed by atoms with Crippen LogP contribution in [0.2, 0.25) is 0 Å². The smallest absolute Gasteiger partial charge is 0.199 e. The first-order valence-electron chi connectivity index (χ1n) is 8.87. The molecule has 4 heteroatoms. The summed E-state index contributed by atoms with van der Waals surface area (Å²) in [4.78, 5) is 14.9. The molecular formula is C22H27N2O2+. The highest BCUT2D eigenvalue weighted by Gasteiger charge is 2.47. The van der Waals surface area contributed by atoms with Crippen LogP contribution < -0.4 is 4.90 Å². The molecule has 0 radical (unpaired) electrons. The number of hydrogen-bond acceptors (Lipinski definition) is 3. The Morgan fingerprint density at radius 3 is 2.31 bits per heavy atom. The van der Waals surface area contributed by atoms with E-state index in [4.69, 9.17) is 0 Å². The maximum atomic E-state index is 12.9. The van der Waals surface area contributed by atoms with E-state index in [9.17, 15) is 9.90 Å². The molecular weight excluding hydrogens is 324 g/mol. The van der Waals surface area contributed by atoms with Crippen molar-refractivity contribution in [3.8, 4) is 0 Å². The molecule has 1 aromatic carbocycles. The molecule has 1 aromatic rings. The Labute approximate surface area is 155 Å². The summed E-state index contributed by atoms with van der Waals surface area (Å²) in [6.07, 6.45) is 5.22. The Bertz CT molecular complexity index is 897. The first-order valence-corrected chi connectivity index (χ1v) is 8.87. The number of carbonyl (C=O) groups is 1. The fourth-order valence-corrected chi connectivity index (χ4v) is 3.65. The van der Waals surface area contributed by atoms with E-state index in [2.05, 4.69) is 6.07 Å². The third kappa shape index (κ3) is 2.95. The fraction of sp³-hybridized carbons (Fsp3) is 0.364. The van der Waals surface area contributed by atoms with E-state index in [0.717, 1.165) is 33.7 Å². The maximum absolute atomic E-state index is 12.9. The lowest BCUT2D eigenvalue weighted by molar-refractivity contribution is -0.462. The van der Waals surface area contributed by atoms with E-state index >= 15 is 0 Å². The van der Waals surface area contributed by atoms with Gasteiger partial charge in [0, 0.05) is 37.5 Å². The van der Waals surface area contributed by atoms with E-state index in [0.29, 0.717) is 5.57 Å². The van der Waals surface area contributed by atoms with Gasteiger partial charge in [0.25, 0.3) is 0 Å². The molecule has 0 bridgehead atoms. The maximum Gasteiger partial charge on any atom is 0.199 e. The van der Waals surface area contributed by atoms with Crippen LogP contribution in [0.3, 0.4) is 0 Å². The zero-order valence-electron chi connectivity index (χ0n) is 16.4. The molecule has 4 nitrogen and oxygen atoms in total. The summed E-state index contributed by atoms with van der Waals surface area (Å²) in [7, 11) is 7.95. The Kier molecular flexibility index (Phi) is 4.72. The molecule has 2 aliphatic rings. The van der Waals surface area contributed by atoms with Crippen LogP contribution in [0.25, 0.3) is 0 Å². The number of aryl methyl sites for hydroxylation is 1. The molecule has 3 rings (SSSR count). The van der Waals surface area contributed by atoms with Crippen molar-refractivity contribution < 1.29 is 14.5 Å². The van der Waals surface area contributed by atoms with Crippen LogP contribution in [-0.4, -0.2) is 55.5 Å². The molecule has 0 aliphatic heterocycles. The van der Waals surface area contributed by atoms with Crippen molar-refractivity contribution in [1.29, 1.82) is 0 Å². The minimum atomic E-state index is -0.754. The second-order valence-electron chi connectivity index (χ2n) is 7.53. The molecule has 0 saturated heterocycles.